The molecule has 0 N–H and O–H groups in total. The molecule has 0 radical (unpaired) electrons. The Balaban J connectivity index is 2.12. The molecule has 110 valence electrons. The summed E-state index contributed by atoms with van der Waals surface area (Å²) in [6.45, 7) is 0. The van der Waals surface area contributed by atoms with Gasteiger partial charge in [-0.3, -0.25) is 0 Å². The van der Waals surface area contributed by atoms with E-state index in [1.165, 1.54) is 32.8 Å². The molecular formula is C16H22O4. The van der Waals surface area contributed by atoms with Gasteiger partial charge in [0.15, 0.2) is 11.5 Å². The first kappa shape index (κ1) is 14.7. The maximum Gasteiger partial charge on any atom is 0.337 e. The second-order valence-electron chi connectivity index (χ2n) is 5.09. The van der Waals surface area contributed by atoms with Crippen molar-refractivity contribution in [2.75, 3.05) is 14.2 Å². The molecular weight excluding hydrogens is 256 g/mol. The van der Waals surface area contributed by atoms with Crippen molar-refractivity contribution in [2.24, 2.45) is 0 Å². The van der Waals surface area contributed by atoms with E-state index in [0.717, 1.165) is 12.8 Å². The van der Waals surface area contributed by atoms with Crippen LogP contribution in [0.4, 0.5) is 0 Å². The topological polar surface area (TPSA) is 44.8 Å². The zero-order valence-corrected chi connectivity index (χ0v) is 12.2. The van der Waals surface area contributed by atoms with Crippen LogP contribution in [-0.2, 0) is 4.74 Å². The summed E-state index contributed by atoms with van der Waals surface area (Å²) < 4.78 is 16.1. The fourth-order valence-corrected chi connectivity index (χ4v) is 2.55. The molecule has 1 aromatic carbocycles. The molecule has 4 heteroatoms. The van der Waals surface area contributed by atoms with E-state index in [1.807, 2.05) is 0 Å². The number of carbonyl (C=O) groups excluding carboxylic acids is 1. The molecule has 1 aromatic rings. The Labute approximate surface area is 120 Å². The molecule has 1 aliphatic rings. The lowest BCUT2D eigenvalue weighted by molar-refractivity contribution is 0.0600. The minimum Gasteiger partial charge on any atom is -0.493 e. The van der Waals surface area contributed by atoms with Gasteiger partial charge in [-0.05, 0) is 43.9 Å². The Morgan fingerprint density at radius 1 is 1.05 bits per heavy atom. The van der Waals surface area contributed by atoms with Crippen molar-refractivity contribution in [3.8, 4) is 11.5 Å². The number of carbonyl (C=O) groups is 1. The number of methoxy groups -OCH3 is 2. The molecule has 0 atom stereocenters. The summed E-state index contributed by atoms with van der Waals surface area (Å²) in [5.74, 6) is 0.911. The monoisotopic (exact) mass is 278 g/mol. The summed E-state index contributed by atoms with van der Waals surface area (Å²) in [7, 11) is 2.95. The van der Waals surface area contributed by atoms with E-state index in [0.29, 0.717) is 17.1 Å². The third-order valence-electron chi connectivity index (χ3n) is 3.68. The lowest BCUT2D eigenvalue weighted by Gasteiger charge is -2.19. The van der Waals surface area contributed by atoms with E-state index < -0.39 is 0 Å². The molecule has 0 heterocycles. The van der Waals surface area contributed by atoms with Crippen LogP contribution in [0.15, 0.2) is 18.2 Å². The van der Waals surface area contributed by atoms with Crippen LogP contribution in [0, 0.1) is 0 Å². The van der Waals surface area contributed by atoms with E-state index in [1.54, 1.807) is 25.3 Å². The van der Waals surface area contributed by atoms with E-state index >= 15 is 0 Å². The number of hydrogen-bond acceptors (Lipinski definition) is 4. The number of ether oxygens (including phenoxy) is 3. The predicted octanol–water partition coefficient (Wildman–Crippen LogP) is 3.58. The van der Waals surface area contributed by atoms with Gasteiger partial charge < -0.3 is 14.2 Å². The molecule has 0 bridgehead atoms. The van der Waals surface area contributed by atoms with E-state index in [4.69, 9.17) is 14.2 Å². The minimum absolute atomic E-state index is 0.246. The second-order valence-corrected chi connectivity index (χ2v) is 5.09. The highest BCUT2D eigenvalue weighted by Gasteiger charge is 2.17. The molecule has 1 saturated carbocycles. The molecule has 2 rings (SSSR count). The van der Waals surface area contributed by atoms with Gasteiger partial charge in [-0.1, -0.05) is 12.8 Å². The lowest BCUT2D eigenvalue weighted by Crippen LogP contribution is -2.15. The zero-order valence-electron chi connectivity index (χ0n) is 12.2. The molecule has 0 aliphatic heterocycles. The molecule has 1 aliphatic carbocycles. The Kier molecular flexibility index (Phi) is 5.27. The molecule has 0 aromatic heterocycles. The van der Waals surface area contributed by atoms with Crippen LogP contribution in [0.25, 0.3) is 0 Å². The highest BCUT2D eigenvalue weighted by Crippen LogP contribution is 2.31. The normalized spacial score (nSPS) is 16.3. The van der Waals surface area contributed by atoms with Gasteiger partial charge in [0.25, 0.3) is 0 Å². The van der Waals surface area contributed by atoms with Gasteiger partial charge >= 0.3 is 5.97 Å². The predicted molar refractivity (Wildman–Crippen MR) is 76.5 cm³/mol. The van der Waals surface area contributed by atoms with Gasteiger partial charge in [0, 0.05) is 0 Å². The second kappa shape index (κ2) is 7.17. The average Bonchev–Trinajstić information content (AvgIpc) is 2.75. The summed E-state index contributed by atoms with van der Waals surface area (Å²) in [5, 5.41) is 0. The molecule has 4 nitrogen and oxygen atoms in total. The largest absolute Gasteiger partial charge is 0.493 e. The minimum atomic E-state index is -0.371. The number of benzene rings is 1. The molecule has 0 amide bonds. The van der Waals surface area contributed by atoms with Crippen molar-refractivity contribution in [3.05, 3.63) is 23.8 Å². The maximum absolute atomic E-state index is 11.5. The van der Waals surface area contributed by atoms with Crippen LogP contribution in [0.1, 0.15) is 48.9 Å². The van der Waals surface area contributed by atoms with Crippen molar-refractivity contribution in [1.29, 1.82) is 0 Å². The van der Waals surface area contributed by atoms with Crippen LogP contribution in [0.2, 0.25) is 0 Å². The van der Waals surface area contributed by atoms with Crippen molar-refractivity contribution >= 4 is 5.97 Å². The van der Waals surface area contributed by atoms with Crippen LogP contribution in [-0.4, -0.2) is 26.3 Å². The van der Waals surface area contributed by atoms with Crippen molar-refractivity contribution in [3.63, 3.8) is 0 Å². The fourth-order valence-electron chi connectivity index (χ4n) is 2.55. The standard InChI is InChI=1S/C16H22O4/c1-18-15-11-12(16(17)19-2)9-10-14(15)20-13-7-5-3-4-6-8-13/h9-11,13H,3-8H2,1-2H3. The maximum atomic E-state index is 11.5. The molecule has 1 fully saturated rings. The number of hydrogen-bond donors (Lipinski definition) is 0. The highest BCUT2D eigenvalue weighted by molar-refractivity contribution is 5.90. The van der Waals surface area contributed by atoms with Crippen molar-refractivity contribution in [2.45, 2.75) is 44.6 Å². The summed E-state index contributed by atoms with van der Waals surface area (Å²) in [6.07, 6.45) is 7.43. The van der Waals surface area contributed by atoms with Crippen LogP contribution in [0.5, 0.6) is 11.5 Å². The third kappa shape index (κ3) is 3.65. The highest BCUT2D eigenvalue weighted by atomic mass is 16.5. The smallest absolute Gasteiger partial charge is 0.337 e. The van der Waals surface area contributed by atoms with Crippen molar-refractivity contribution in [1.82, 2.24) is 0 Å². The van der Waals surface area contributed by atoms with E-state index in [2.05, 4.69) is 0 Å². The molecule has 20 heavy (non-hydrogen) atoms. The molecule has 0 saturated heterocycles. The summed E-state index contributed by atoms with van der Waals surface area (Å²) >= 11 is 0. The van der Waals surface area contributed by atoms with Gasteiger partial charge in [0.1, 0.15) is 0 Å². The number of rotatable bonds is 4. The van der Waals surface area contributed by atoms with Crippen LogP contribution in [0.3, 0.4) is 0 Å². The number of esters is 1. The summed E-state index contributed by atoms with van der Waals surface area (Å²) in [6, 6.07) is 5.16. The Bertz CT molecular complexity index is 448. The quantitative estimate of drug-likeness (QED) is 0.623. The van der Waals surface area contributed by atoms with Gasteiger partial charge in [0.05, 0.1) is 25.9 Å². The van der Waals surface area contributed by atoms with Crippen LogP contribution < -0.4 is 9.47 Å². The van der Waals surface area contributed by atoms with Gasteiger partial charge in [0.2, 0.25) is 0 Å². The fraction of sp³-hybridized carbons (Fsp3) is 0.562. The van der Waals surface area contributed by atoms with E-state index in [-0.39, 0.29) is 12.1 Å². The lowest BCUT2D eigenvalue weighted by atomic mass is 10.1. The van der Waals surface area contributed by atoms with E-state index in [9.17, 15) is 4.79 Å². The third-order valence-corrected chi connectivity index (χ3v) is 3.68. The molecule has 0 spiro atoms. The van der Waals surface area contributed by atoms with Gasteiger partial charge in [-0.25, -0.2) is 4.79 Å². The first-order valence-electron chi connectivity index (χ1n) is 7.17. The summed E-state index contributed by atoms with van der Waals surface area (Å²) in [5.41, 5.74) is 0.470. The van der Waals surface area contributed by atoms with Crippen molar-refractivity contribution < 1.29 is 19.0 Å². The Hall–Kier alpha value is -1.71. The van der Waals surface area contributed by atoms with Gasteiger partial charge in [-0.2, -0.15) is 0 Å². The first-order valence-corrected chi connectivity index (χ1v) is 7.17. The zero-order chi connectivity index (χ0) is 14.4. The van der Waals surface area contributed by atoms with Gasteiger partial charge in [-0.15, -0.1) is 0 Å². The average molecular weight is 278 g/mol. The Morgan fingerprint density at radius 2 is 1.75 bits per heavy atom. The summed E-state index contributed by atoms with van der Waals surface area (Å²) in [4.78, 5) is 11.5. The SMILES string of the molecule is COC(=O)c1ccc(OC2CCCCCC2)c(OC)c1. The van der Waals surface area contributed by atoms with Crippen LogP contribution >= 0.6 is 0 Å². The molecule has 0 unspecified atom stereocenters. The Morgan fingerprint density at radius 3 is 2.35 bits per heavy atom. The first-order chi connectivity index (χ1) is 9.74.